The summed E-state index contributed by atoms with van der Waals surface area (Å²) >= 11 is 0. The van der Waals surface area contributed by atoms with E-state index in [-0.39, 0.29) is 28.8 Å². The SMILES string of the molecule is C[C@]12CC[C@H](O[Si](C)(C)C)CC1=CC(=O)C1C2CC[C@]2(C)C(=O)CCC12. The van der Waals surface area contributed by atoms with Crippen LogP contribution in [-0.2, 0) is 14.0 Å². The Hall–Kier alpha value is -0.743. The first-order chi connectivity index (χ1) is 12.0. The molecule has 6 atom stereocenters. The summed E-state index contributed by atoms with van der Waals surface area (Å²) in [6.07, 6.45) is 9.03. The Bertz CT molecular complexity index is 675. The van der Waals surface area contributed by atoms with E-state index in [1.165, 1.54) is 5.57 Å². The van der Waals surface area contributed by atoms with Crippen molar-refractivity contribution in [2.45, 2.75) is 84.5 Å². The quantitative estimate of drug-likeness (QED) is 0.645. The van der Waals surface area contributed by atoms with Gasteiger partial charge in [-0.3, -0.25) is 9.59 Å². The molecule has 144 valence electrons. The first-order valence-corrected chi connectivity index (χ1v) is 13.9. The van der Waals surface area contributed by atoms with Crippen molar-refractivity contribution in [1.29, 1.82) is 0 Å². The van der Waals surface area contributed by atoms with Crippen LogP contribution in [-0.4, -0.2) is 26.0 Å². The molecular formula is C22H34O3Si. The van der Waals surface area contributed by atoms with Crippen molar-refractivity contribution in [3.05, 3.63) is 11.6 Å². The minimum atomic E-state index is -1.56. The van der Waals surface area contributed by atoms with Crippen LogP contribution in [0.2, 0.25) is 19.6 Å². The Kier molecular flexibility index (Phi) is 4.21. The average Bonchev–Trinajstić information content (AvgIpc) is 2.83. The van der Waals surface area contributed by atoms with Crippen LogP contribution >= 0.6 is 0 Å². The Balaban J connectivity index is 1.64. The van der Waals surface area contributed by atoms with E-state index in [4.69, 9.17) is 4.43 Å². The van der Waals surface area contributed by atoms with E-state index in [0.29, 0.717) is 23.9 Å². The van der Waals surface area contributed by atoms with Crippen molar-refractivity contribution in [3.8, 4) is 0 Å². The molecule has 0 heterocycles. The molecule has 4 heteroatoms. The van der Waals surface area contributed by atoms with Crippen molar-refractivity contribution in [2.24, 2.45) is 28.6 Å². The Labute approximate surface area is 159 Å². The summed E-state index contributed by atoms with van der Waals surface area (Å²) in [6.45, 7) is 11.3. The van der Waals surface area contributed by atoms with Crippen molar-refractivity contribution < 1.29 is 14.0 Å². The standard InChI is InChI=1S/C22H34O3Si/c1-21-10-8-15(25-26(3,4)5)12-14(21)13-18(23)20-16-6-7-19(24)22(16,2)11-9-17(20)21/h13,15-17,20H,6-12H2,1-5H3/t15-,16?,17?,20?,21-,22-/m0/s1. The topological polar surface area (TPSA) is 43.4 Å². The van der Waals surface area contributed by atoms with Gasteiger partial charge in [-0.25, -0.2) is 0 Å². The van der Waals surface area contributed by atoms with E-state index in [2.05, 4.69) is 33.5 Å². The van der Waals surface area contributed by atoms with Gasteiger partial charge in [0.05, 0.1) is 0 Å². The molecule has 0 aromatic carbocycles. The van der Waals surface area contributed by atoms with E-state index < -0.39 is 8.32 Å². The van der Waals surface area contributed by atoms with Gasteiger partial charge in [0.15, 0.2) is 14.1 Å². The van der Waals surface area contributed by atoms with Crippen LogP contribution in [0.1, 0.15) is 58.8 Å². The Morgan fingerprint density at radius 1 is 1.00 bits per heavy atom. The molecule has 4 rings (SSSR count). The first kappa shape index (κ1) is 18.6. The van der Waals surface area contributed by atoms with E-state index in [0.717, 1.165) is 38.5 Å². The molecule has 3 fully saturated rings. The van der Waals surface area contributed by atoms with Crippen molar-refractivity contribution in [1.82, 2.24) is 0 Å². The molecule has 0 N–H and O–H groups in total. The van der Waals surface area contributed by atoms with Gasteiger partial charge in [-0.2, -0.15) is 0 Å². The fourth-order valence-corrected chi connectivity index (χ4v) is 7.94. The molecule has 3 nitrogen and oxygen atoms in total. The van der Waals surface area contributed by atoms with Gasteiger partial charge >= 0.3 is 0 Å². The highest BCUT2D eigenvalue weighted by atomic mass is 28.4. The molecule has 0 amide bonds. The number of Topliss-reactive ketones (excluding diaryl/α,β-unsaturated/α-hetero) is 1. The summed E-state index contributed by atoms with van der Waals surface area (Å²) < 4.78 is 6.39. The fourth-order valence-electron chi connectivity index (χ4n) is 6.74. The summed E-state index contributed by atoms with van der Waals surface area (Å²) in [5, 5.41) is 0. The summed E-state index contributed by atoms with van der Waals surface area (Å²) in [5.74, 6) is 1.48. The van der Waals surface area contributed by atoms with Crippen molar-refractivity contribution in [2.75, 3.05) is 0 Å². The zero-order valence-electron chi connectivity index (χ0n) is 17.1. The summed E-state index contributed by atoms with van der Waals surface area (Å²) in [5.41, 5.74) is 1.23. The second-order valence-corrected chi connectivity index (χ2v) is 15.2. The highest BCUT2D eigenvalue weighted by Crippen LogP contribution is 2.63. The molecule has 0 spiro atoms. The van der Waals surface area contributed by atoms with Gasteiger partial charge < -0.3 is 4.43 Å². The van der Waals surface area contributed by atoms with Gasteiger partial charge in [0.25, 0.3) is 0 Å². The van der Waals surface area contributed by atoms with Crippen molar-refractivity contribution in [3.63, 3.8) is 0 Å². The summed E-state index contributed by atoms with van der Waals surface area (Å²) in [6, 6.07) is 0. The molecule has 3 unspecified atom stereocenters. The Morgan fingerprint density at radius 3 is 2.35 bits per heavy atom. The second kappa shape index (κ2) is 5.87. The lowest BCUT2D eigenvalue weighted by Crippen LogP contribution is -2.53. The number of hydrogen-bond acceptors (Lipinski definition) is 3. The molecule has 0 bridgehead atoms. The number of fused-ring (bicyclic) bond motifs is 5. The number of hydrogen-bond donors (Lipinski definition) is 0. The lowest BCUT2D eigenvalue weighted by atomic mass is 9.48. The number of carbonyl (C=O) groups is 2. The molecule has 0 aliphatic heterocycles. The molecule has 3 saturated carbocycles. The normalized spacial score (nSPS) is 45.7. The van der Waals surface area contributed by atoms with Gasteiger partial charge in [0.2, 0.25) is 0 Å². The molecule has 0 radical (unpaired) electrons. The molecule has 0 aromatic rings. The lowest BCUT2D eigenvalue weighted by molar-refractivity contribution is -0.139. The predicted molar refractivity (Wildman–Crippen MR) is 105 cm³/mol. The fraction of sp³-hybridized carbons (Fsp3) is 0.818. The summed E-state index contributed by atoms with van der Waals surface area (Å²) in [4.78, 5) is 25.7. The molecule has 0 saturated heterocycles. The van der Waals surface area contributed by atoms with E-state index in [1.54, 1.807) is 0 Å². The molecule has 26 heavy (non-hydrogen) atoms. The predicted octanol–water partition coefficient (Wildman–Crippen LogP) is 4.92. The van der Waals surface area contributed by atoms with Crippen LogP contribution in [0.4, 0.5) is 0 Å². The van der Waals surface area contributed by atoms with Crippen LogP contribution in [0.15, 0.2) is 11.6 Å². The smallest absolute Gasteiger partial charge is 0.184 e. The minimum absolute atomic E-state index is 0.0726. The Morgan fingerprint density at radius 2 is 1.65 bits per heavy atom. The van der Waals surface area contributed by atoms with Gasteiger partial charge in [0.1, 0.15) is 5.78 Å². The van der Waals surface area contributed by atoms with E-state index in [9.17, 15) is 9.59 Å². The van der Waals surface area contributed by atoms with E-state index >= 15 is 0 Å². The third kappa shape index (κ3) is 2.71. The zero-order chi connectivity index (χ0) is 18.9. The van der Waals surface area contributed by atoms with Crippen LogP contribution in [0.5, 0.6) is 0 Å². The third-order valence-corrected chi connectivity index (χ3v) is 9.17. The monoisotopic (exact) mass is 374 g/mol. The number of carbonyl (C=O) groups excluding carboxylic acids is 2. The number of allylic oxidation sites excluding steroid dienone is 1. The highest BCUT2D eigenvalue weighted by molar-refractivity contribution is 6.69. The molecule has 4 aliphatic rings. The maximum absolute atomic E-state index is 13.2. The molecule has 0 aromatic heterocycles. The van der Waals surface area contributed by atoms with Crippen molar-refractivity contribution >= 4 is 19.9 Å². The van der Waals surface area contributed by atoms with E-state index in [1.807, 2.05) is 6.08 Å². The second-order valence-electron chi connectivity index (χ2n) is 10.7. The van der Waals surface area contributed by atoms with Gasteiger partial charge in [0, 0.05) is 23.9 Å². The lowest BCUT2D eigenvalue weighted by Gasteiger charge is -2.56. The highest BCUT2D eigenvalue weighted by Gasteiger charge is 2.61. The van der Waals surface area contributed by atoms with Crippen LogP contribution in [0.25, 0.3) is 0 Å². The number of rotatable bonds is 2. The van der Waals surface area contributed by atoms with Gasteiger partial charge in [-0.05, 0) is 81.5 Å². The van der Waals surface area contributed by atoms with Gasteiger partial charge in [-0.15, -0.1) is 0 Å². The zero-order valence-corrected chi connectivity index (χ0v) is 18.1. The molecular weight excluding hydrogens is 340 g/mol. The first-order valence-electron chi connectivity index (χ1n) is 10.5. The largest absolute Gasteiger partial charge is 0.414 e. The molecule has 4 aliphatic carbocycles. The van der Waals surface area contributed by atoms with Crippen LogP contribution in [0, 0.1) is 28.6 Å². The van der Waals surface area contributed by atoms with Gasteiger partial charge in [-0.1, -0.05) is 19.4 Å². The minimum Gasteiger partial charge on any atom is -0.414 e. The maximum Gasteiger partial charge on any atom is 0.184 e. The average molecular weight is 375 g/mol. The van der Waals surface area contributed by atoms with Crippen LogP contribution < -0.4 is 0 Å². The number of ketones is 2. The maximum atomic E-state index is 13.2. The summed E-state index contributed by atoms with van der Waals surface area (Å²) in [7, 11) is -1.56. The van der Waals surface area contributed by atoms with Crippen LogP contribution in [0.3, 0.4) is 0 Å². The third-order valence-electron chi connectivity index (χ3n) is 8.13.